The zero-order valence-electron chi connectivity index (χ0n) is 13.4. The molecular weight excluding hydrogens is 324 g/mol. The van der Waals surface area contributed by atoms with E-state index in [2.05, 4.69) is 10.6 Å². The van der Waals surface area contributed by atoms with Crippen LogP contribution in [0.2, 0.25) is 0 Å². The first kappa shape index (κ1) is 20.3. The fourth-order valence-electron chi connectivity index (χ4n) is 2.52. The van der Waals surface area contributed by atoms with E-state index in [9.17, 15) is 19.8 Å². The van der Waals surface area contributed by atoms with Gasteiger partial charge in [0.2, 0.25) is 11.7 Å². The van der Waals surface area contributed by atoms with Gasteiger partial charge in [0.1, 0.15) is 24.6 Å². The van der Waals surface area contributed by atoms with Gasteiger partial charge in [-0.2, -0.15) is 0 Å². The van der Waals surface area contributed by atoms with E-state index in [0.717, 1.165) is 0 Å². The van der Waals surface area contributed by atoms with Gasteiger partial charge in [0.25, 0.3) is 0 Å². The molecule has 1 aliphatic heterocycles. The molecule has 11 nitrogen and oxygen atoms in total. The van der Waals surface area contributed by atoms with Crippen molar-refractivity contribution in [1.29, 1.82) is 0 Å². The largest absolute Gasteiger partial charge is 0.478 e. The minimum absolute atomic E-state index is 0.424. The smallest absolute Gasteiger partial charge is 0.370 e. The van der Waals surface area contributed by atoms with E-state index in [1.807, 2.05) is 0 Å². The number of carboxylic acids is 1. The topological polar surface area (TPSA) is 189 Å². The summed E-state index contributed by atoms with van der Waals surface area (Å²) in [6.07, 6.45) is -3.39. The van der Waals surface area contributed by atoms with Crippen LogP contribution in [-0.4, -0.2) is 77.6 Å². The average molecular weight is 348 g/mol. The summed E-state index contributed by atoms with van der Waals surface area (Å²) in [7, 11) is 1.26. The van der Waals surface area contributed by atoms with E-state index in [-0.39, 0.29) is 0 Å². The van der Waals surface area contributed by atoms with Crippen LogP contribution in [0.3, 0.4) is 0 Å². The van der Waals surface area contributed by atoms with Gasteiger partial charge in [0.05, 0.1) is 18.7 Å². The lowest BCUT2D eigenvalue weighted by atomic mass is 9.91. The number of carbonyl (C=O) groups excluding carboxylic acids is 1. The SMILES string of the molecule is CO[C@@H]([C@@H]1OC(C(=O)O)=C[C@H](NC(N)N)[C@H]1NC(C)=O)[C@H](O)CO. The van der Waals surface area contributed by atoms with Crippen LogP contribution in [0.1, 0.15) is 6.92 Å². The Bertz CT molecular complexity index is 485. The first-order valence-electron chi connectivity index (χ1n) is 7.19. The van der Waals surface area contributed by atoms with Crippen LogP contribution in [0.5, 0.6) is 0 Å². The van der Waals surface area contributed by atoms with Crippen LogP contribution >= 0.6 is 0 Å². The Balaban J connectivity index is 3.26. The number of nitrogens with one attached hydrogen (secondary N) is 2. The summed E-state index contributed by atoms with van der Waals surface area (Å²) in [5.41, 5.74) is 11.0. The van der Waals surface area contributed by atoms with Crippen molar-refractivity contribution in [2.45, 2.75) is 43.6 Å². The number of ether oxygens (including phenoxy) is 2. The minimum atomic E-state index is -1.36. The van der Waals surface area contributed by atoms with Crippen LogP contribution in [0.25, 0.3) is 0 Å². The molecule has 0 saturated carbocycles. The first-order valence-corrected chi connectivity index (χ1v) is 7.19. The number of nitrogens with two attached hydrogens (primary N) is 2. The molecule has 0 aromatic carbocycles. The Hall–Kier alpha value is -1.76. The van der Waals surface area contributed by atoms with E-state index in [0.29, 0.717) is 0 Å². The molecule has 0 radical (unpaired) electrons. The molecule has 0 bridgehead atoms. The van der Waals surface area contributed by atoms with Crippen LogP contribution in [-0.2, 0) is 19.1 Å². The summed E-state index contributed by atoms with van der Waals surface area (Å²) < 4.78 is 10.5. The number of hydrogen-bond acceptors (Lipinski definition) is 9. The molecule has 1 amide bonds. The highest BCUT2D eigenvalue weighted by Gasteiger charge is 2.44. The number of aliphatic carboxylic acids is 1. The van der Waals surface area contributed by atoms with Gasteiger partial charge < -0.3 is 41.6 Å². The highest BCUT2D eigenvalue weighted by molar-refractivity contribution is 5.84. The summed E-state index contributed by atoms with van der Waals surface area (Å²) in [5.74, 6) is -2.20. The van der Waals surface area contributed by atoms with Gasteiger partial charge >= 0.3 is 5.97 Å². The fourth-order valence-corrected chi connectivity index (χ4v) is 2.52. The Labute approximate surface area is 138 Å². The third-order valence-corrected chi connectivity index (χ3v) is 3.46. The van der Waals surface area contributed by atoms with Crippen molar-refractivity contribution in [2.24, 2.45) is 11.5 Å². The van der Waals surface area contributed by atoms with Crippen molar-refractivity contribution in [3.63, 3.8) is 0 Å². The number of amides is 1. The number of methoxy groups -OCH3 is 1. The Morgan fingerprint density at radius 1 is 1.46 bits per heavy atom. The van der Waals surface area contributed by atoms with Crippen LogP contribution in [0, 0.1) is 0 Å². The molecule has 0 unspecified atom stereocenters. The van der Waals surface area contributed by atoms with Gasteiger partial charge in [0, 0.05) is 14.0 Å². The monoisotopic (exact) mass is 348 g/mol. The molecule has 138 valence electrons. The average Bonchev–Trinajstić information content (AvgIpc) is 2.49. The van der Waals surface area contributed by atoms with Crippen molar-refractivity contribution in [3.8, 4) is 0 Å². The van der Waals surface area contributed by atoms with Crippen molar-refractivity contribution in [3.05, 3.63) is 11.8 Å². The Morgan fingerprint density at radius 2 is 2.08 bits per heavy atom. The highest BCUT2D eigenvalue weighted by atomic mass is 16.6. The molecule has 0 spiro atoms. The molecule has 1 aliphatic rings. The standard InChI is InChI=1S/C13H24N4O7/c1-5(19)16-9-6(17-13(14)15)3-8(12(21)22)24-11(9)10(23-2)7(20)4-18/h3,6-7,9-11,13,17-18,20H,4,14-15H2,1-2H3,(H,16,19)(H,21,22)/t6-,7+,9+,10+,11+/m0/s1. The fraction of sp³-hybridized carbons (Fsp3) is 0.692. The third kappa shape index (κ3) is 5.12. The highest BCUT2D eigenvalue weighted by Crippen LogP contribution is 2.24. The third-order valence-electron chi connectivity index (χ3n) is 3.46. The molecule has 0 saturated heterocycles. The zero-order valence-corrected chi connectivity index (χ0v) is 13.4. The van der Waals surface area contributed by atoms with Crippen LogP contribution in [0.15, 0.2) is 11.8 Å². The van der Waals surface area contributed by atoms with Gasteiger partial charge in [-0.05, 0) is 6.08 Å². The molecule has 9 N–H and O–H groups in total. The van der Waals surface area contributed by atoms with Crippen LogP contribution < -0.4 is 22.1 Å². The normalized spacial score (nSPS) is 26.3. The lowest BCUT2D eigenvalue weighted by Crippen LogP contribution is -2.66. The lowest BCUT2D eigenvalue weighted by molar-refractivity contribution is -0.149. The number of carboxylic acid groups (broad SMARTS) is 1. The van der Waals surface area contributed by atoms with Crippen molar-refractivity contribution in [2.75, 3.05) is 13.7 Å². The van der Waals surface area contributed by atoms with Crippen molar-refractivity contribution < 1.29 is 34.4 Å². The number of aliphatic hydroxyl groups is 2. The Kier molecular flexibility index (Phi) is 7.54. The second-order valence-electron chi connectivity index (χ2n) is 5.31. The van der Waals surface area contributed by atoms with E-state index in [1.165, 1.54) is 20.1 Å². The van der Waals surface area contributed by atoms with Gasteiger partial charge in [-0.15, -0.1) is 0 Å². The number of aliphatic hydroxyl groups excluding tert-OH is 2. The van der Waals surface area contributed by atoms with Gasteiger partial charge in [0.15, 0.2) is 0 Å². The molecule has 1 rings (SSSR count). The van der Waals surface area contributed by atoms with E-state index in [1.54, 1.807) is 0 Å². The second kappa shape index (κ2) is 8.92. The molecule has 11 heteroatoms. The van der Waals surface area contributed by atoms with Crippen LogP contribution in [0.4, 0.5) is 0 Å². The molecular formula is C13H24N4O7. The van der Waals surface area contributed by atoms with Crippen molar-refractivity contribution >= 4 is 11.9 Å². The molecule has 0 aliphatic carbocycles. The molecule has 1 heterocycles. The second-order valence-corrected chi connectivity index (χ2v) is 5.31. The Morgan fingerprint density at radius 3 is 2.50 bits per heavy atom. The summed E-state index contributed by atoms with van der Waals surface area (Å²) >= 11 is 0. The predicted octanol–water partition coefficient (Wildman–Crippen LogP) is -3.61. The maximum Gasteiger partial charge on any atom is 0.370 e. The molecule has 5 atom stereocenters. The summed E-state index contributed by atoms with van der Waals surface area (Å²) in [5, 5.41) is 33.6. The van der Waals surface area contributed by atoms with Gasteiger partial charge in [-0.3, -0.25) is 10.1 Å². The number of rotatable bonds is 8. The predicted molar refractivity (Wildman–Crippen MR) is 81.2 cm³/mol. The van der Waals surface area contributed by atoms with E-state index < -0.39 is 60.9 Å². The summed E-state index contributed by atoms with van der Waals surface area (Å²) in [4.78, 5) is 22.8. The van der Waals surface area contributed by atoms with E-state index in [4.69, 9.17) is 26.0 Å². The number of carbonyl (C=O) groups is 2. The zero-order chi connectivity index (χ0) is 18.4. The van der Waals surface area contributed by atoms with E-state index >= 15 is 0 Å². The summed E-state index contributed by atoms with van der Waals surface area (Å²) in [6.45, 7) is 0.614. The van der Waals surface area contributed by atoms with Gasteiger partial charge in [-0.25, -0.2) is 4.79 Å². The molecule has 0 aromatic rings. The molecule has 0 fully saturated rings. The lowest BCUT2D eigenvalue weighted by Gasteiger charge is -2.41. The number of hydrogen-bond donors (Lipinski definition) is 7. The maximum atomic E-state index is 11.5. The van der Waals surface area contributed by atoms with Gasteiger partial charge in [-0.1, -0.05) is 0 Å². The maximum absolute atomic E-state index is 11.5. The molecule has 24 heavy (non-hydrogen) atoms. The summed E-state index contributed by atoms with van der Waals surface area (Å²) in [6, 6.07) is -1.66. The quantitative estimate of drug-likeness (QED) is 0.216. The minimum Gasteiger partial charge on any atom is -0.478 e. The van der Waals surface area contributed by atoms with Crippen molar-refractivity contribution in [1.82, 2.24) is 10.6 Å². The molecule has 0 aromatic heterocycles. The first-order chi connectivity index (χ1) is 11.2.